The van der Waals surface area contributed by atoms with E-state index < -0.39 is 9.71 Å². The molecule has 100 valence electrons. The average Bonchev–Trinajstić information content (AvgIpc) is 2.33. The lowest BCUT2D eigenvalue weighted by molar-refractivity contribution is 0.625. The summed E-state index contributed by atoms with van der Waals surface area (Å²) in [7, 11) is 0. The Kier molecular flexibility index (Phi) is 4.34. The van der Waals surface area contributed by atoms with Gasteiger partial charge in [0.15, 0.2) is 0 Å². The first-order valence-electron chi connectivity index (χ1n) is 5.45. The maximum atomic E-state index is 13.0. The third-order valence-corrected chi connectivity index (χ3v) is 3.39. The van der Waals surface area contributed by atoms with E-state index in [2.05, 4.69) is 0 Å². The molecule has 0 heterocycles. The maximum absolute atomic E-state index is 13.0. The van der Waals surface area contributed by atoms with Crippen LogP contribution >= 0.6 is 34.8 Å². The van der Waals surface area contributed by atoms with Gasteiger partial charge < -0.3 is 0 Å². The van der Waals surface area contributed by atoms with Gasteiger partial charge in [-0.1, -0.05) is 59.1 Å². The van der Waals surface area contributed by atoms with Crippen molar-refractivity contribution >= 4 is 34.8 Å². The summed E-state index contributed by atoms with van der Waals surface area (Å²) in [5, 5.41) is 0. The molecule has 0 radical (unpaired) electrons. The van der Waals surface area contributed by atoms with E-state index in [1.54, 1.807) is 24.3 Å². The van der Waals surface area contributed by atoms with Crippen molar-refractivity contribution in [2.75, 3.05) is 0 Å². The number of benzene rings is 2. The van der Waals surface area contributed by atoms with Crippen LogP contribution in [0.15, 0.2) is 48.5 Å². The van der Waals surface area contributed by atoms with Crippen molar-refractivity contribution in [3.63, 3.8) is 0 Å². The summed E-state index contributed by atoms with van der Waals surface area (Å²) in [6.45, 7) is 0. The summed E-state index contributed by atoms with van der Waals surface area (Å²) < 4.78 is 24.3. The van der Waals surface area contributed by atoms with Gasteiger partial charge in [0.2, 0.25) is 3.79 Å². The zero-order valence-electron chi connectivity index (χ0n) is 9.59. The second-order valence-corrected chi connectivity index (χ2v) is 6.45. The number of rotatable bonds is 2. The third-order valence-electron chi connectivity index (χ3n) is 2.73. The molecule has 2 rings (SSSR count). The van der Waals surface area contributed by atoms with Crippen molar-refractivity contribution in [3.8, 4) is 0 Å². The SMILES string of the molecule is Fc1ccc(C(c2ccc(F)cc2)C(Cl)(Cl)Cl)cc1. The average molecular weight is 322 g/mol. The summed E-state index contributed by atoms with van der Waals surface area (Å²) in [5.41, 5.74) is 1.29. The molecular weight excluding hydrogens is 313 g/mol. The highest BCUT2D eigenvalue weighted by atomic mass is 35.6. The fourth-order valence-electron chi connectivity index (χ4n) is 1.88. The van der Waals surface area contributed by atoms with Crippen LogP contribution in [-0.2, 0) is 0 Å². The van der Waals surface area contributed by atoms with Crippen LogP contribution < -0.4 is 0 Å². The minimum atomic E-state index is -1.62. The Labute approximate surface area is 124 Å². The van der Waals surface area contributed by atoms with Gasteiger partial charge in [-0.3, -0.25) is 0 Å². The molecule has 2 aromatic rings. The van der Waals surface area contributed by atoms with Crippen LogP contribution in [0.3, 0.4) is 0 Å². The van der Waals surface area contributed by atoms with Gasteiger partial charge in [0.1, 0.15) is 11.6 Å². The molecule has 0 saturated heterocycles. The third kappa shape index (κ3) is 3.59. The molecule has 0 aliphatic heterocycles. The number of halogens is 5. The van der Waals surface area contributed by atoms with E-state index >= 15 is 0 Å². The number of hydrogen-bond acceptors (Lipinski definition) is 0. The van der Waals surface area contributed by atoms with Gasteiger partial charge in [-0.25, -0.2) is 8.78 Å². The Morgan fingerprint density at radius 2 is 1.00 bits per heavy atom. The molecule has 0 amide bonds. The molecule has 0 aromatic heterocycles. The van der Waals surface area contributed by atoms with Gasteiger partial charge in [-0.2, -0.15) is 0 Å². The van der Waals surface area contributed by atoms with Crippen molar-refractivity contribution in [1.29, 1.82) is 0 Å². The van der Waals surface area contributed by atoms with Crippen LogP contribution in [0.5, 0.6) is 0 Å². The summed E-state index contributed by atoms with van der Waals surface area (Å²) in [6, 6.07) is 11.4. The smallest absolute Gasteiger partial charge is 0.201 e. The van der Waals surface area contributed by atoms with E-state index in [1.165, 1.54) is 24.3 Å². The Bertz CT molecular complexity index is 499. The minimum Gasteiger partial charge on any atom is -0.207 e. The fourth-order valence-corrected chi connectivity index (χ4v) is 2.64. The molecule has 5 heteroatoms. The van der Waals surface area contributed by atoms with Crippen molar-refractivity contribution in [3.05, 3.63) is 71.3 Å². The van der Waals surface area contributed by atoms with Crippen molar-refractivity contribution < 1.29 is 8.78 Å². The van der Waals surface area contributed by atoms with Gasteiger partial charge in [-0.05, 0) is 35.4 Å². The van der Waals surface area contributed by atoms with E-state index in [9.17, 15) is 8.78 Å². The maximum Gasteiger partial charge on any atom is 0.201 e. The predicted molar refractivity (Wildman–Crippen MR) is 74.9 cm³/mol. The topological polar surface area (TPSA) is 0 Å². The predicted octanol–water partition coefficient (Wildman–Crippen LogP) is 5.47. The van der Waals surface area contributed by atoms with Crippen LogP contribution in [0.25, 0.3) is 0 Å². The van der Waals surface area contributed by atoms with E-state index in [1.807, 2.05) is 0 Å². The van der Waals surface area contributed by atoms with Crippen LogP contribution in [0.2, 0.25) is 0 Å². The lowest BCUT2D eigenvalue weighted by atomic mass is 9.92. The van der Waals surface area contributed by atoms with Crippen LogP contribution in [0, 0.1) is 11.6 Å². The van der Waals surface area contributed by atoms with Crippen LogP contribution in [0.1, 0.15) is 17.0 Å². The first-order valence-corrected chi connectivity index (χ1v) is 6.59. The van der Waals surface area contributed by atoms with E-state index in [0.717, 1.165) is 0 Å². The Morgan fingerprint density at radius 1 is 0.684 bits per heavy atom. The first kappa shape index (κ1) is 14.6. The lowest BCUT2D eigenvalue weighted by Gasteiger charge is -2.25. The monoisotopic (exact) mass is 320 g/mol. The molecule has 0 saturated carbocycles. The normalized spacial score (nSPS) is 11.9. The second kappa shape index (κ2) is 5.66. The molecule has 0 aliphatic rings. The summed E-state index contributed by atoms with van der Waals surface area (Å²) in [6.07, 6.45) is 0. The fraction of sp³-hybridized carbons (Fsp3) is 0.143. The molecule has 2 aromatic carbocycles. The molecule has 19 heavy (non-hydrogen) atoms. The molecule has 0 nitrogen and oxygen atoms in total. The van der Waals surface area contributed by atoms with Gasteiger partial charge in [0, 0.05) is 0 Å². The van der Waals surface area contributed by atoms with Crippen LogP contribution in [0.4, 0.5) is 8.78 Å². The highest BCUT2D eigenvalue weighted by Gasteiger charge is 2.35. The molecule has 0 atom stereocenters. The standard InChI is InChI=1S/C14H9Cl3F2/c15-14(16,17)13(9-1-5-11(18)6-2-9)10-3-7-12(19)8-4-10/h1-8,13H. The highest BCUT2D eigenvalue weighted by Crippen LogP contribution is 2.45. The Morgan fingerprint density at radius 3 is 1.26 bits per heavy atom. The van der Waals surface area contributed by atoms with Gasteiger partial charge >= 0.3 is 0 Å². The molecular formula is C14H9Cl3F2. The minimum absolute atomic E-state index is 0.370. The van der Waals surface area contributed by atoms with Crippen molar-refractivity contribution in [2.24, 2.45) is 0 Å². The van der Waals surface area contributed by atoms with Gasteiger partial charge in [0.25, 0.3) is 0 Å². The number of hydrogen-bond donors (Lipinski definition) is 0. The molecule has 0 N–H and O–H groups in total. The van der Waals surface area contributed by atoms with Crippen LogP contribution in [-0.4, -0.2) is 3.79 Å². The quantitative estimate of drug-likeness (QED) is 0.644. The summed E-state index contributed by atoms with van der Waals surface area (Å²) in [4.78, 5) is 0. The number of alkyl halides is 3. The second-order valence-electron chi connectivity index (χ2n) is 4.08. The summed E-state index contributed by atoms with van der Waals surface area (Å²) in [5.74, 6) is -1.34. The summed E-state index contributed by atoms with van der Waals surface area (Å²) >= 11 is 18.0. The zero-order chi connectivity index (χ0) is 14.0. The molecule has 0 aliphatic carbocycles. The van der Waals surface area contributed by atoms with E-state index in [4.69, 9.17) is 34.8 Å². The van der Waals surface area contributed by atoms with Crippen molar-refractivity contribution in [2.45, 2.75) is 9.71 Å². The Hall–Kier alpha value is -0.830. The Balaban J connectivity index is 2.47. The van der Waals surface area contributed by atoms with Gasteiger partial charge in [0.05, 0.1) is 5.92 Å². The highest BCUT2D eigenvalue weighted by molar-refractivity contribution is 6.68. The molecule has 0 fully saturated rings. The first-order chi connectivity index (χ1) is 8.88. The van der Waals surface area contributed by atoms with Gasteiger partial charge in [-0.15, -0.1) is 0 Å². The molecule has 0 unspecified atom stereocenters. The largest absolute Gasteiger partial charge is 0.207 e. The van der Waals surface area contributed by atoms with Crippen molar-refractivity contribution in [1.82, 2.24) is 0 Å². The van der Waals surface area contributed by atoms with E-state index in [-0.39, 0.29) is 11.6 Å². The lowest BCUT2D eigenvalue weighted by Crippen LogP contribution is -2.18. The van der Waals surface area contributed by atoms with E-state index in [0.29, 0.717) is 11.1 Å². The zero-order valence-corrected chi connectivity index (χ0v) is 11.9. The molecule has 0 bridgehead atoms. The molecule has 0 spiro atoms.